The van der Waals surface area contributed by atoms with Crippen LogP contribution in [-0.2, 0) is 19.9 Å². The molecule has 0 atom stereocenters. The Kier molecular flexibility index (Phi) is 5.46. The van der Waals surface area contributed by atoms with Crippen LogP contribution in [0.5, 0.6) is 0 Å². The van der Waals surface area contributed by atoms with Gasteiger partial charge >= 0.3 is 0 Å². The van der Waals surface area contributed by atoms with Crippen molar-refractivity contribution < 1.29 is 21.2 Å². The molecule has 0 unspecified atom stereocenters. The third-order valence-electron chi connectivity index (χ3n) is 4.14. The summed E-state index contributed by atoms with van der Waals surface area (Å²) in [5, 5.41) is 0. The molecule has 0 saturated carbocycles. The standard InChI is InChI=1S/C19H18FNO4S3/c1-21(2)28(24,25)18-12-17(13-6-10-16(11-7-13)27(3,22)23)19(26-18)14-4-8-15(20)9-5-14/h4-12H,1-3H3. The third-order valence-corrected chi connectivity index (χ3v) is 8.72. The topological polar surface area (TPSA) is 71.5 Å². The van der Waals surface area contributed by atoms with Crippen LogP contribution in [0.1, 0.15) is 0 Å². The number of rotatable bonds is 5. The zero-order valence-electron chi connectivity index (χ0n) is 15.4. The molecule has 1 heterocycles. The molecule has 0 amide bonds. The van der Waals surface area contributed by atoms with Gasteiger partial charge in [0.2, 0.25) is 0 Å². The molecule has 2 aromatic carbocycles. The number of benzene rings is 2. The van der Waals surface area contributed by atoms with E-state index in [4.69, 9.17) is 0 Å². The maximum absolute atomic E-state index is 13.3. The average Bonchev–Trinajstić information content (AvgIpc) is 3.07. The van der Waals surface area contributed by atoms with Crippen molar-refractivity contribution in [1.29, 1.82) is 0 Å². The van der Waals surface area contributed by atoms with Gasteiger partial charge in [-0.05, 0) is 41.5 Å². The third kappa shape index (κ3) is 4.02. The van der Waals surface area contributed by atoms with Crippen molar-refractivity contribution in [3.05, 3.63) is 60.4 Å². The molecule has 3 aromatic rings. The largest absolute Gasteiger partial charge is 0.252 e. The molecule has 0 N–H and O–H groups in total. The minimum absolute atomic E-state index is 0.152. The van der Waals surface area contributed by atoms with E-state index in [-0.39, 0.29) is 14.9 Å². The van der Waals surface area contributed by atoms with Gasteiger partial charge in [-0.25, -0.2) is 25.5 Å². The highest BCUT2D eigenvalue weighted by atomic mass is 32.2. The molecule has 148 valence electrons. The number of sulfonamides is 1. The predicted octanol–water partition coefficient (Wildman–Crippen LogP) is 3.88. The number of sulfone groups is 1. The van der Waals surface area contributed by atoms with Crippen LogP contribution in [0, 0.1) is 5.82 Å². The van der Waals surface area contributed by atoms with Gasteiger partial charge in [0.1, 0.15) is 10.0 Å². The minimum atomic E-state index is -3.65. The van der Waals surface area contributed by atoms with Gasteiger partial charge in [0.05, 0.1) is 4.90 Å². The first kappa shape index (κ1) is 20.7. The zero-order valence-corrected chi connectivity index (χ0v) is 17.8. The molecule has 3 rings (SSSR count). The monoisotopic (exact) mass is 439 g/mol. The second-order valence-electron chi connectivity index (χ2n) is 6.40. The van der Waals surface area contributed by atoms with Crippen LogP contribution in [0.25, 0.3) is 21.6 Å². The summed E-state index contributed by atoms with van der Waals surface area (Å²) in [5.74, 6) is -0.388. The van der Waals surface area contributed by atoms with Gasteiger partial charge in [-0.1, -0.05) is 24.3 Å². The average molecular weight is 440 g/mol. The van der Waals surface area contributed by atoms with Crippen LogP contribution in [-0.4, -0.2) is 41.5 Å². The lowest BCUT2D eigenvalue weighted by Gasteiger charge is -2.08. The van der Waals surface area contributed by atoms with E-state index in [9.17, 15) is 21.2 Å². The molecule has 1 aromatic heterocycles. The summed E-state index contributed by atoms with van der Waals surface area (Å²) in [7, 11) is -4.09. The molecular formula is C19H18FNO4S3. The fraction of sp³-hybridized carbons (Fsp3) is 0.158. The number of hydrogen-bond donors (Lipinski definition) is 0. The van der Waals surface area contributed by atoms with Crippen molar-refractivity contribution in [2.24, 2.45) is 0 Å². The van der Waals surface area contributed by atoms with Crippen molar-refractivity contribution in [3.63, 3.8) is 0 Å². The SMILES string of the molecule is CN(C)S(=O)(=O)c1cc(-c2ccc(S(C)(=O)=O)cc2)c(-c2ccc(F)cc2)s1. The maximum atomic E-state index is 13.3. The molecule has 0 aliphatic heterocycles. The second-order valence-corrected chi connectivity index (χ2v) is 11.8. The Morgan fingerprint density at radius 2 is 1.39 bits per heavy atom. The van der Waals surface area contributed by atoms with Crippen LogP contribution < -0.4 is 0 Å². The van der Waals surface area contributed by atoms with Crippen molar-refractivity contribution in [2.75, 3.05) is 20.4 Å². The summed E-state index contributed by atoms with van der Waals surface area (Å²) < 4.78 is 63.2. The highest BCUT2D eigenvalue weighted by Gasteiger charge is 2.24. The second kappa shape index (κ2) is 7.40. The fourth-order valence-corrected chi connectivity index (χ4v) is 5.88. The fourth-order valence-electron chi connectivity index (χ4n) is 2.59. The van der Waals surface area contributed by atoms with Crippen LogP contribution in [0.4, 0.5) is 4.39 Å². The Bertz CT molecular complexity index is 1210. The molecule has 0 spiro atoms. The lowest BCUT2D eigenvalue weighted by molar-refractivity contribution is 0.523. The molecule has 5 nitrogen and oxygen atoms in total. The maximum Gasteiger partial charge on any atom is 0.252 e. The van der Waals surface area contributed by atoms with Crippen LogP contribution in [0.2, 0.25) is 0 Å². The predicted molar refractivity (Wildman–Crippen MR) is 109 cm³/mol. The first-order chi connectivity index (χ1) is 13.0. The van der Waals surface area contributed by atoms with Crippen molar-refractivity contribution in [3.8, 4) is 21.6 Å². The summed E-state index contributed by atoms with van der Waals surface area (Å²) in [6.07, 6.45) is 1.12. The van der Waals surface area contributed by atoms with Crippen LogP contribution in [0.15, 0.2) is 63.7 Å². The van der Waals surface area contributed by atoms with E-state index in [1.165, 1.54) is 38.4 Å². The molecule has 0 fully saturated rings. The zero-order chi connectivity index (χ0) is 20.7. The summed E-state index contributed by atoms with van der Waals surface area (Å²) in [4.78, 5) is 0.837. The highest BCUT2D eigenvalue weighted by Crippen LogP contribution is 2.41. The van der Waals surface area contributed by atoms with Gasteiger partial charge in [-0.15, -0.1) is 11.3 Å². The minimum Gasteiger partial charge on any atom is -0.224 e. The molecule has 28 heavy (non-hydrogen) atoms. The van der Waals surface area contributed by atoms with E-state index in [1.807, 2.05) is 0 Å². The number of nitrogens with zero attached hydrogens (tertiary/aromatic N) is 1. The van der Waals surface area contributed by atoms with Crippen LogP contribution >= 0.6 is 11.3 Å². The van der Waals surface area contributed by atoms with Gasteiger partial charge in [0, 0.05) is 30.8 Å². The lowest BCUT2D eigenvalue weighted by atomic mass is 10.0. The summed E-state index contributed by atoms with van der Waals surface area (Å²) in [5.41, 5.74) is 1.98. The van der Waals surface area contributed by atoms with E-state index < -0.39 is 19.9 Å². The highest BCUT2D eigenvalue weighted by molar-refractivity contribution is 7.91. The molecule has 0 saturated heterocycles. The lowest BCUT2D eigenvalue weighted by Crippen LogP contribution is -2.21. The quantitative estimate of drug-likeness (QED) is 0.605. The van der Waals surface area contributed by atoms with Gasteiger partial charge in [0.25, 0.3) is 10.0 Å². The Balaban J connectivity index is 2.21. The van der Waals surface area contributed by atoms with Crippen LogP contribution in [0.3, 0.4) is 0 Å². The van der Waals surface area contributed by atoms with Crippen molar-refractivity contribution in [2.45, 2.75) is 9.10 Å². The van der Waals surface area contributed by atoms with E-state index >= 15 is 0 Å². The Morgan fingerprint density at radius 3 is 1.89 bits per heavy atom. The van der Waals surface area contributed by atoms with Crippen molar-refractivity contribution in [1.82, 2.24) is 4.31 Å². The first-order valence-electron chi connectivity index (χ1n) is 8.13. The van der Waals surface area contributed by atoms with Gasteiger partial charge in [-0.3, -0.25) is 0 Å². The van der Waals surface area contributed by atoms with E-state index in [1.54, 1.807) is 30.3 Å². The normalized spacial score (nSPS) is 12.5. The smallest absolute Gasteiger partial charge is 0.224 e. The summed E-state index contributed by atoms with van der Waals surface area (Å²) >= 11 is 1.09. The Labute approximate surface area is 168 Å². The number of thiophene rings is 1. The first-order valence-corrected chi connectivity index (χ1v) is 12.3. The van der Waals surface area contributed by atoms with Gasteiger partial charge in [0.15, 0.2) is 9.84 Å². The molecule has 0 bridgehead atoms. The summed E-state index contributed by atoms with van der Waals surface area (Å²) in [6, 6.07) is 13.6. The van der Waals surface area contributed by atoms with Gasteiger partial charge in [-0.2, -0.15) is 0 Å². The number of halogens is 1. The van der Waals surface area contributed by atoms with Gasteiger partial charge < -0.3 is 0 Å². The van der Waals surface area contributed by atoms with E-state index in [0.29, 0.717) is 21.6 Å². The summed E-state index contributed by atoms with van der Waals surface area (Å²) in [6.45, 7) is 0. The molecular weight excluding hydrogens is 421 g/mol. The number of hydrogen-bond acceptors (Lipinski definition) is 5. The molecule has 0 radical (unpaired) electrons. The van der Waals surface area contributed by atoms with E-state index in [2.05, 4.69) is 0 Å². The Morgan fingerprint density at radius 1 is 0.857 bits per heavy atom. The van der Waals surface area contributed by atoms with Crippen molar-refractivity contribution >= 4 is 31.2 Å². The molecule has 9 heteroatoms. The molecule has 0 aliphatic rings. The Hall–Kier alpha value is -2.07. The molecule has 0 aliphatic carbocycles. The van der Waals surface area contributed by atoms with E-state index in [0.717, 1.165) is 21.9 Å².